The normalized spacial score (nSPS) is 31.4. The smallest absolute Gasteiger partial charge is 0.119 e. The van der Waals surface area contributed by atoms with Crippen LogP contribution in [-0.4, -0.2) is 36.3 Å². The molecule has 1 N–H and O–H groups in total. The molecule has 0 amide bonds. The van der Waals surface area contributed by atoms with Crippen LogP contribution in [0.1, 0.15) is 50.6 Å². The molecule has 1 aromatic carbocycles. The summed E-state index contributed by atoms with van der Waals surface area (Å²) in [5.41, 5.74) is 6.12. The van der Waals surface area contributed by atoms with Crippen LogP contribution >= 0.6 is 0 Å². The summed E-state index contributed by atoms with van der Waals surface area (Å²) in [7, 11) is 0. The van der Waals surface area contributed by atoms with Crippen LogP contribution in [0.25, 0.3) is 0 Å². The van der Waals surface area contributed by atoms with Crippen molar-refractivity contribution in [2.24, 2.45) is 11.0 Å². The van der Waals surface area contributed by atoms with Crippen LogP contribution in [0, 0.1) is 5.92 Å². The van der Waals surface area contributed by atoms with Gasteiger partial charge in [0.1, 0.15) is 5.75 Å². The first-order chi connectivity index (χ1) is 11.4. The van der Waals surface area contributed by atoms with Crippen LogP contribution in [-0.2, 0) is 0 Å². The first-order valence-electron chi connectivity index (χ1n) is 9.16. The van der Waals surface area contributed by atoms with Crippen molar-refractivity contribution >= 4 is 5.71 Å². The minimum absolute atomic E-state index is 0.308. The van der Waals surface area contributed by atoms with E-state index in [2.05, 4.69) is 46.6 Å². The molecule has 1 aromatic rings. The van der Waals surface area contributed by atoms with Crippen LogP contribution in [0.2, 0.25) is 0 Å². The third-order valence-corrected chi connectivity index (χ3v) is 5.55. The zero-order valence-electron chi connectivity index (χ0n) is 14.0. The van der Waals surface area contributed by atoms with Crippen molar-refractivity contribution in [1.82, 2.24) is 10.3 Å². The Morgan fingerprint density at radius 1 is 1.17 bits per heavy atom. The molecule has 5 rings (SSSR count). The van der Waals surface area contributed by atoms with Crippen molar-refractivity contribution in [2.75, 3.05) is 19.7 Å². The Kier molecular flexibility index (Phi) is 4.25. The quantitative estimate of drug-likeness (QED) is 0.818. The van der Waals surface area contributed by atoms with Gasteiger partial charge in [-0.1, -0.05) is 31.9 Å². The predicted molar refractivity (Wildman–Crippen MR) is 92.9 cm³/mol. The largest absolute Gasteiger partial charge is 0.494 e. The Morgan fingerprint density at radius 3 is 2.70 bits per heavy atom. The van der Waals surface area contributed by atoms with Crippen molar-refractivity contribution in [1.29, 1.82) is 0 Å². The molecule has 4 heterocycles. The zero-order valence-corrected chi connectivity index (χ0v) is 14.0. The van der Waals surface area contributed by atoms with Gasteiger partial charge in [-0.2, -0.15) is 5.10 Å². The highest BCUT2D eigenvalue weighted by atomic mass is 16.5. The van der Waals surface area contributed by atoms with Crippen LogP contribution < -0.4 is 10.2 Å². The SMILES string of the molecule is CCCCCOc1ccc(C2NN=C3C4CCN(CC4)C32)cc1. The summed E-state index contributed by atoms with van der Waals surface area (Å²) < 4.78 is 5.82. The third-order valence-electron chi connectivity index (χ3n) is 5.55. The Hall–Kier alpha value is -1.55. The standard InChI is InChI=1S/C19H27N3O/c1-2-3-4-13-23-16-7-5-14(6-8-16)17-19-18(21-20-17)15-9-11-22(19)12-10-15/h5-8,15,17,19-20H,2-4,9-13H2,1H3. The van der Waals surface area contributed by atoms with E-state index in [-0.39, 0.29) is 0 Å². The molecular weight excluding hydrogens is 286 g/mol. The fourth-order valence-corrected chi connectivity index (χ4v) is 4.23. The van der Waals surface area contributed by atoms with Crippen molar-refractivity contribution in [3.63, 3.8) is 0 Å². The number of ether oxygens (including phenoxy) is 1. The molecule has 2 atom stereocenters. The highest BCUT2D eigenvalue weighted by molar-refractivity contribution is 5.95. The van der Waals surface area contributed by atoms with E-state index in [0.717, 1.165) is 18.8 Å². The minimum atomic E-state index is 0.308. The van der Waals surface area contributed by atoms with Gasteiger partial charge in [-0.15, -0.1) is 0 Å². The Balaban J connectivity index is 1.41. The van der Waals surface area contributed by atoms with E-state index in [9.17, 15) is 0 Å². The molecule has 0 spiro atoms. The number of unbranched alkanes of at least 4 members (excludes halogenated alkanes) is 2. The van der Waals surface area contributed by atoms with Gasteiger partial charge in [0.15, 0.2) is 0 Å². The van der Waals surface area contributed by atoms with Gasteiger partial charge in [0.25, 0.3) is 0 Å². The first kappa shape index (κ1) is 15.0. The molecule has 0 saturated carbocycles. The number of nitrogens with one attached hydrogen (secondary N) is 1. The van der Waals surface area contributed by atoms with Crippen LogP contribution in [0.4, 0.5) is 0 Å². The maximum Gasteiger partial charge on any atom is 0.119 e. The van der Waals surface area contributed by atoms with Gasteiger partial charge in [-0.05, 0) is 50.0 Å². The van der Waals surface area contributed by atoms with E-state index < -0.39 is 0 Å². The first-order valence-corrected chi connectivity index (χ1v) is 9.16. The van der Waals surface area contributed by atoms with E-state index in [1.54, 1.807) is 0 Å². The summed E-state index contributed by atoms with van der Waals surface area (Å²) in [5, 5.41) is 4.68. The lowest BCUT2D eigenvalue weighted by molar-refractivity contribution is 0.133. The summed E-state index contributed by atoms with van der Waals surface area (Å²) >= 11 is 0. The number of benzene rings is 1. The highest BCUT2D eigenvalue weighted by Crippen LogP contribution is 2.39. The fraction of sp³-hybridized carbons (Fsp3) is 0.632. The molecule has 0 radical (unpaired) electrons. The lowest BCUT2D eigenvalue weighted by atomic mass is 9.78. The summed E-state index contributed by atoms with van der Waals surface area (Å²) in [5.74, 6) is 1.69. The lowest BCUT2D eigenvalue weighted by Crippen LogP contribution is -2.56. The monoisotopic (exact) mass is 313 g/mol. The number of hydrogen-bond acceptors (Lipinski definition) is 4. The fourth-order valence-electron chi connectivity index (χ4n) is 4.23. The molecule has 4 nitrogen and oxygen atoms in total. The summed E-state index contributed by atoms with van der Waals surface area (Å²) in [6, 6.07) is 9.40. The van der Waals surface area contributed by atoms with Crippen molar-refractivity contribution in [2.45, 2.75) is 51.1 Å². The molecule has 4 heteroatoms. The Labute approximate surface area is 138 Å². The average molecular weight is 313 g/mol. The number of hydrazone groups is 1. The zero-order chi connectivity index (χ0) is 15.6. The number of rotatable bonds is 6. The van der Waals surface area contributed by atoms with E-state index in [4.69, 9.17) is 4.74 Å². The van der Waals surface area contributed by atoms with Crippen LogP contribution in [0.5, 0.6) is 5.75 Å². The lowest BCUT2D eigenvalue weighted by Gasteiger charge is -2.45. The minimum Gasteiger partial charge on any atom is -0.494 e. The molecular formula is C19H27N3O. The number of nitrogens with zero attached hydrogens (tertiary/aromatic N) is 2. The summed E-state index contributed by atoms with van der Waals surface area (Å²) in [4.78, 5) is 2.61. The molecule has 4 aliphatic rings. The third kappa shape index (κ3) is 2.85. The van der Waals surface area contributed by atoms with Crippen molar-refractivity contribution in [3.05, 3.63) is 29.8 Å². The van der Waals surface area contributed by atoms with Gasteiger partial charge >= 0.3 is 0 Å². The van der Waals surface area contributed by atoms with Gasteiger partial charge < -0.3 is 10.2 Å². The van der Waals surface area contributed by atoms with E-state index in [1.165, 1.54) is 50.0 Å². The van der Waals surface area contributed by atoms with Gasteiger partial charge in [-0.25, -0.2) is 0 Å². The highest BCUT2D eigenvalue weighted by Gasteiger charge is 2.46. The predicted octanol–water partition coefficient (Wildman–Crippen LogP) is 3.35. The van der Waals surface area contributed by atoms with Crippen LogP contribution in [0.3, 0.4) is 0 Å². The molecule has 0 aliphatic carbocycles. The van der Waals surface area contributed by atoms with Crippen molar-refractivity contribution in [3.8, 4) is 5.75 Å². The van der Waals surface area contributed by atoms with Crippen LogP contribution in [0.15, 0.2) is 29.4 Å². The molecule has 0 aromatic heterocycles. The maximum atomic E-state index is 5.82. The Morgan fingerprint density at radius 2 is 1.96 bits per heavy atom. The van der Waals surface area contributed by atoms with Crippen molar-refractivity contribution < 1.29 is 4.74 Å². The molecule has 2 unspecified atom stereocenters. The van der Waals surface area contributed by atoms with Gasteiger partial charge in [-0.3, -0.25) is 4.90 Å². The topological polar surface area (TPSA) is 36.9 Å². The van der Waals surface area contributed by atoms with E-state index >= 15 is 0 Å². The second-order valence-corrected chi connectivity index (χ2v) is 7.02. The van der Waals surface area contributed by atoms with Gasteiger partial charge in [0.2, 0.25) is 0 Å². The van der Waals surface area contributed by atoms with E-state index in [1.807, 2.05) is 0 Å². The second-order valence-electron chi connectivity index (χ2n) is 7.02. The van der Waals surface area contributed by atoms with Gasteiger partial charge in [0.05, 0.1) is 24.4 Å². The average Bonchev–Trinajstić information content (AvgIpc) is 3.08. The summed E-state index contributed by atoms with van der Waals surface area (Å²) in [6.45, 7) is 5.49. The van der Waals surface area contributed by atoms with Gasteiger partial charge in [0, 0.05) is 5.92 Å². The second kappa shape index (κ2) is 6.52. The number of fused-ring (bicyclic) bond motifs is 2. The number of hydrogen-bond donors (Lipinski definition) is 1. The Bertz CT molecular complexity index is 560. The molecule has 4 aliphatic heterocycles. The molecule has 2 bridgehead atoms. The molecule has 3 saturated heterocycles. The van der Waals surface area contributed by atoms with E-state index in [0.29, 0.717) is 18.0 Å². The molecule has 3 fully saturated rings. The molecule has 124 valence electrons. The molecule has 23 heavy (non-hydrogen) atoms. The summed E-state index contributed by atoms with van der Waals surface area (Å²) in [6.07, 6.45) is 6.18. The maximum absolute atomic E-state index is 5.82. The number of piperidine rings is 3.